The Morgan fingerprint density at radius 3 is 2.50 bits per heavy atom. The monoisotopic (exact) mass is 252 g/mol. The molecule has 0 heterocycles. The summed E-state index contributed by atoms with van der Waals surface area (Å²) >= 11 is 12.2. The van der Waals surface area contributed by atoms with Gasteiger partial charge in [-0.2, -0.15) is 0 Å². The van der Waals surface area contributed by atoms with Crippen molar-refractivity contribution in [3.63, 3.8) is 0 Å². The van der Waals surface area contributed by atoms with Crippen LogP contribution in [-0.2, 0) is 0 Å². The molecule has 1 aromatic rings. The summed E-state index contributed by atoms with van der Waals surface area (Å²) in [7, 11) is 0. The molecule has 0 saturated heterocycles. The van der Waals surface area contributed by atoms with E-state index in [2.05, 4.69) is 19.2 Å². The van der Waals surface area contributed by atoms with Crippen LogP contribution in [0, 0.1) is 6.92 Å². The van der Waals surface area contributed by atoms with Gasteiger partial charge in [0.1, 0.15) is 0 Å². The van der Waals surface area contributed by atoms with Crippen molar-refractivity contribution in [1.82, 2.24) is 0 Å². The van der Waals surface area contributed by atoms with Crippen molar-refractivity contribution < 1.29 is 0 Å². The van der Waals surface area contributed by atoms with E-state index >= 15 is 0 Å². The largest absolute Gasteiger partial charge is 0.108 e. The summed E-state index contributed by atoms with van der Waals surface area (Å²) in [6.45, 7) is 7.60. The van der Waals surface area contributed by atoms with Gasteiger partial charge in [0.2, 0.25) is 0 Å². The molecular weight excluding hydrogens is 239 g/mol. The van der Waals surface area contributed by atoms with Gasteiger partial charge in [-0.1, -0.05) is 48.8 Å². The second-order valence-corrected chi connectivity index (χ2v) is 4.32. The Morgan fingerprint density at radius 2 is 1.94 bits per heavy atom. The van der Waals surface area contributed by atoms with Crippen LogP contribution in [0.5, 0.6) is 0 Å². The fourth-order valence-electron chi connectivity index (χ4n) is 1.45. The molecule has 0 amide bonds. The molecule has 0 bridgehead atoms. The Hall–Kier alpha value is -0.940. The highest BCUT2D eigenvalue weighted by Crippen LogP contribution is 2.26. The van der Waals surface area contributed by atoms with Crippen LogP contribution in [0.25, 0.3) is 10.1 Å². The SMILES string of the molecule is C=C=C(Cl)c1cc(C)cc(/C(Cl)=C\CC)c1. The van der Waals surface area contributed by atoms with E-state index in [1.807, 2.05) is 31.2 Å². The quantitative estimate of drug-likeness (QED) is 0.637. The number of hydrogen-bond donors (Lipinski definition) is 0. The van der Waals surface area contributed by atoms with Crippen molar-refractivity contribution in [1.29, 1.82) is 0 Å². The Morgan fingerprint density at radius 1 is 1.31 bits per heavy atom. The summed E-state index contributed by atoms with van der Waals surface area (Å²) in [6.07, 6.45) is 2.89. The Balaban J connectivity index is 3.28. The third-order valence-corrected chi connectivity index (χ3v) is 2.87. The van der Waals surface area contributed by atoms with Crippen molar-refractivity contribution in [2.45, 2.75) is 20.3 Å². The molecule has 84 valence electrons. The number of rotatable bonds is 3. The van der Waals surface area contributed by atoms with Crippen molar-refractivity contribution in [3.05, 3.63) is 53.3 Å². The third-order valence-electron chi connectivity index (χ3n) is 2.15. The van der Waals surface area contributed by atoms with Gasteiger partial charge in [-0.3, -0.25) is 0 Å². The molecule has 0 aliphatic heterocycles. The molecule has 0 aromatic heterocycles. The molecule has 0 saturated carbocycles. The van der Waals surface area contributed by atoms with Gasteiger partial charge in [-0.25, -0.2) is 0 Å². The van der Waals surface area contributed by atoms with Gasteiger partial charge in [0.25, 0.3) is 0 Å². The molecule has 0 fully saturated rings. The van der Waals surface area contributed by atoms with Gasteiger partial charge in [0, 0.05) is 10.6 Å². The minimum atomic E-state index is 0.519. The predicted molar refractivity (Wildman–Crippen MR) is 73.7 cm³/mol. The fraction of sp³-hybridized carbons (Fsp3) is 0.214. The molecule has 0 atom stereocenters. The van der Waals surface area contributed by atoms with Crippen molar-refractivity contribution in [3.8, 4) is 0 Å². The lowest BCUT2D eigenvalue weighted by atomic mass is 10.1. The standard InChI is InChI=1S/C14H14Cl2/c1-4-6-14(16)12-8-10(3)7-11(9-12)13(15)5-2/h6-9H,2,4H2,1,3H3/b14-6+. The molecule has 0 N–H and O–H groups in total. The Bertz CT molecular complexity index is 464. The lowest BCUT2D eigenvalue weighted by molar-refractivity contribution is 1.23. The number of allylic oxidation sites excluding steroid dienone is 1. The van der Waals surface area contributed by atoms with Gasteiger partial charge < -0.3 is 0 Å². The summed E-state index contributed by atoms with van der Waals surface area (Å²) in [6, 6.07) is 5.97. The van der Waals surface area contributed by atoms with Crippen LogP contribution in [0.1, 0.15) is 30.0 Å². The maximum atomic E-state index is 6.17. The second kappa shape index (κ2) is 5.96. The summed E-state index contributed by atoms with van der Waals surface area (Å²) in [4.78, 5) is 0. The summed E-state index contributed by atoms with van der Waals surface area (Å²) in [5, 5.41) is 1.27. The molecule has 0 radical (unpaired) electrons. The Labute approximate surface area is 107 Å². The highest BCUT2D eigenvalue weighted by atomic mass is 35.5. The second-order valence-electron chi connectivity index (χ2n) is 3.54. The zero-order valence-corrected chi connectivity index (χ0v) is 11.0. The van der Waals surface area contributed by atoms with Crippen LogP contribution >= 0.6 is 23.2 Å². The van der Waals surface area contributed by atoms with Gasteiger partial charge in [-0.05, 0) is 36.6 Å². The van der Waals surface area contributed by atoms with Crippen LogP contribution in [0.15, 0.2) is 36.6 Å². The van der Waals surface area contributed by atoms with E-state index in [1.165, 1.54) is 0 Å². The predicted octanol–water partition coefficient (Wildman–Crippen LogP) is 5.35. The molecular formula is C14H14Cl2. The zero-order valence-electron chi connectivity index (χ0n) is 9.48. The van der Waals surface area contributed by atoms with Crippen molar-refractivity contribution in [2.75, 3.05) is 0 Å². The minimum Gasteiger partial charge on any atom is -0.108 e. The highest BCUT2D eigenvalue weighted by Gasteiger charge is 2.04. The topological polar surface area (TPSA) is 0 Å². The van der Waals surface area contributed by atoms with Crippen LogP contribution in [0.3, 0.4) is 0 Å². The van der Waals surface area contributed by atoms with Crippen LogP contribution in [-0.4, -0.2) is 0 Å². The average Bonchev–Trinajstić information content (AvgIpc) is 2.27. The summed E-state index contributed by atoms with van der Waals surface area (Å²) in [5.41, 5.74) is 5.67. The van der Waals surface area contributed by atoms with Crippen LogP contribution in [0.4, 0.5) is 0 Å². The number of halogens is 2. The molecule has 0 unspecified atom stereocenters. The maximum Gasteiger partial charge on any atom is 0.0891 e. The first-order valence-corrected chi connectivity index (χ1v) is 5.87. The van der Waals surface area contributed by atoms with Crippen LogP contribution < -0.4 is 0 Å². The summed E-state index contributed by atoms with van der Waals surface area (Å²) < 4.78 is 0. The normalized spacial score (nSPS) is 11.1. The van der Waals surface area contributed by atoms with Crippen LogP contribution in [0.2, 0.25) is 0 Å². The average molecular weight is 253 g/mol. The third kappa shape index (κ3) is 3.28. The molecule has 0 aliphatic rings. The molecule has 2 heteroatoms. The first-order chi connectivity index (χ1) is 7.58. The minimum absolute atomic E-state index is 0.519. The first-order valence-electron chi connectivity index (χ1n) is 5.12. The fourth-order valence-corrected chi connectivity index (χ4v) is 1.82. The van der Waals surface area contributed by atoms with Gasteiger partial charge in [-0.15, -0.1) is 5.73 Å². The first kappa shape index (κ1) is 13.1. The van der Waals surface area contributed by atoms with E-state index < -0.39 is 0 Å². The summed E-state index contributed by atoms with van der Waals surface area (Å²) in [5.74, 6) is 0. The van der Waals surface area contributed by atoms with E-state index in [1.54, 1.807) is 0 Å². The Kier molecular flexibility index (Phi) is 4.89. The molecule has 0 nitrogen and oxygen atoms in total. The van der Waals surface area contributed by atoms with E-state index in [0.29, 0.717) is 5.03 Å². The van der Waals surface area contributed by atoms with Crippen molar-refractivity contribution >= 4 is 33.3 Å². The molecule has 16 heavy (non-hydrogen) atoms. The zero-order chi connectivity index (χ0) is 12.1. The molecule has 0 spiro atoms. The van der Waals surface area contributed by atoms with E-state index in [0.717, 1.165) is 28.1 Å². The number of benzene rings is 1. The smallest absolute Gasteiger partial charge is 0.0891 e. The number of aryl methyl sites for hydroxylation is 1. The van der Waals surface area contributed by atoms with E-state index in [4.69, 9.17) is 23.2 Å². The number of hydrogen-bond acceptors (Lipinski definition) is 0. The van der Waals surface area contributed by atoms with E-state index in [-0.39, 0.29) is 0 Å². The van der Waals surface area contributed by atoms with Gasteiger partial charge >= 0.3 is 0 Å². The molecule has 1 rings (SSSR count). The maximum absolute atomic E-state index is 6.17. The lowest BCUT2D eigenvalue weighted by Crippen LogP contribution is -1.85. The van der Waals surface area contributed by atoms with Gasteiger partial charge in [0.15, 0.2) is 0 Å². The van der Waals surface area contributed by atoms with Gasteiger partial charge in [0.05, 0.1) is 5.03 Å². The molecule has 1 aromatic carbocycles. The highest BCUT2D eigenvalue weighted by molar-refractivity contribution is 6.49. The van der Waals surface area contributed by atoms with Crippen molar-refractivity contribution in [2.24, 2.45) is 0 Å². The van der Waals surface area contributed by atoms with E-state index in [9.17, 15) is 0 Å². The molecule has 0 aliphatic carbocycles. The lowest BCUT2D eigenvalue weighted by Gasteiger charge is -2.05.